The average molecular weight is 401 g/mol. The summed E-state index contributed by atoms with van der Waals surface area (Å²) in [6.07, 6.45) is 0.959. The molecule has 148 valence electrons. The highest BCUT2D eigenvalue weighted by molar-refractivity contribution is 6.30. The molecule has 2 fully saturated rings. The lowest BCUT2D eigenvalue weighted by Gasteiger charge is -2.35. The molecular weight excluding hydrogens is 376 g/mol. The maximum Gasteiger partial charge on any atom is 0.251 e. The zero-order chi connectivity index (χ0) is 19.7. The number of hydrogen-bond donors (Lipinski definition) is 1. The number of ether oxygens (including phenoxy) is 2. The van der Waals surface area contributed by atoms with E-state index in [1.165, 1.54) is 0 Å². The van der Waals surface area contributed by atoms with E-state index in [0.717, 1.165) is 41.4 Å². The number of carbonyl (C=O) groups excluding carboxylic acids is 1. The molecule has 1 amide bonds. The van der Waals surface area contributed by atoms with Crippen molar-refractivity contribution >= 4 is 17.5 Å². The Morgan fingerprint density at radius 3 is 2.71 bits per heavy atom. The standard InChI is InChI=1S/C22H25ClN2O3/c1-14-9-19(27-2)7-8-20(14)22(26)24-17-10-18-13-28-21(12-25(18)11-17)15-3-5-16(23)6-4-15/h3-9,17-18,21H,10-13H2,1-2H3,(H,24,26)/t17-,18-,21+/m0/s1. The Kier molecular flexibility index (Phi) is 5.58. The summed E-state index contributed by atoms with van der Waals surface area (Å²) in [6.45, 7) is 4.29. The van der Waals surface area contributed by atoms with Gasteiger partial charge >= 0.3 is 0 Å². The van der Waals surface area contributed by atoms with Crippen molar-refractivity contribution in [3.05, 3.63) is 64.2 Å². The van der Waals surface area contributed by atoms with Crippen LogP contribution in [0.15, 0.2) is 42.5 Å². The van der Waals surface area contributed by atoms with Gasteiger partial charge in [0.15, 0.2) is 0 Å². The van der Waals surface area contributed by atoms with Crippen LogP contribution in [0.2, 0.25) is 5.02 Å². The second-order valence-corrected chi connectivity index (χ2v) is 8.00. The van der Waals surface area contributed by atoms with Crippen molar-refractivity contribution in [1.82, 2.24) is 10.2 Å². The molecule has 2 aromatic rings. The van der Waals surface area contributed by atoms with Crippen molar-refractivity contribution in [1.29, 1.82) is 0 Å². The average Bonchev–Trinajstić information content (AvgIpc) is 3.09. The van der Waals surface area contributed by atoms with Crippen LogP contribution in [-0.4, -0.2) is 49.7 Å². The second-order valence-electron chi connectivity index (χ2n) is 7.57. The molecular formula is C22H25ClN2O3. The minimum Gasteiger partial charge on any atom is -0.497 e. The number of benzene rings is 2. The van der Waals surface area contributed by atoms with E-state index >= 15 is 0 Å². The van der Waals surface area contributed by atoms with E-state index in [9.17, 15) is 4.79 Å². The molecule has 4 rings (SSSR count). The Hall–Kier alpha value is -2.08. The predicted octanol–water partition coefficient (Wildman–Crippen LogP) is 3.60. The van der Waals surface area contributed by atoms with Crippen LogP contribution in [0.3, 0.4) is 0 Å². The SMILES string of the molecule is COc1ccc(C(=O)N[C@H]2C[C@H]3CO[C@@H](c4ccc(Cl)cc4)CN3C2)c(C)c1. The van der Waals surface area contributed by atoms with Crippen LogP contribution in [0, 0.1) is 6.92 Å². The lowest BCUT2D eigenvalue weighted by Crippen LogP contribution is -2.43. The van der Waals surface area contributed by atoms with Gasteiger partial charge in [-0.1, -0.05) is 23.7 Å². The molecule has 0 radical (unpaired) electrons. The summed E-state index contributed by atoms with van der Waals surface area (Å²) in [5.41, 5.74) is 2.75. The van der Waals surface area contributed by atoms with Gasteiger partial charge in [-0.2, -0.15) is 0 Å². The normalized spacial score (nSPS) is 24.6. The van der Waals surface area contributed by atoms with Crippen LogP contribution < -0.4 is 10.1 Å². The quantitative estimate of drug-likeness (QED) is 0.851. The third-order valence-electron chi connectivity index (χ3n) is 5.67. The van der Waals surface area contributed by atoms with Crippen molar-refractivity contribution in [2.45, 2.75) is 31.5 Å². The number of rotatable bonds is 4. The van der Waals surface area contributed by atoms with Crippen molar-refractivity contribution in [3.63, 3.8) is 0 Å². The first-order chi connectivity index (χ1) is 13.5. The number of nitrogens with one attached hydrogen (secondary N) is 1. The van der Waals surface area contributed by atoms with Crippen LogP contribution >= 0.6 is 11.6 Å². The maximum atomic E-state index is 12.7. The second kappa shape index (κ2) is 8.11. The highest BCUT2D eigenvalue weighted by Crippen LogP contribution is 2.31. The third kappa shape index (κ3) is 4.02. The number of morpholine rings is 1. The Balaban J connectivity index is 1.37. The Labute approximate surface area is 170 Å². The van der Waals surface area contributed by atoms with Crippen LogP contribution in [0.25, 0.3) is 0 Å². The molecule has 0 unspecified atom stereocenters. The van der Waals surface area contributed by atoms with Crippen LogP contribution in [0.5, 0.6) is 5.75 Å². The van der Waals surface area contributed by atoms with Gasteiger partial charge in [-0.15, -0.1) is 0 Å². The van der Waals surface area contributed by atoms with E-state index in [4.69, 9.17) is 21.1 Å². The number of amides is 1. The molecule has 2 aromatic carbocycles. The summed E-state index contributed by atoms with van der Waals surface area (Å²) < 4.78 is 11.3. The number of aryl methyl sites for hydroxylation is 1. The predicted molar refractivity (Wildman–Crippen MR) is 109 cm³/mol. The van der Waals surface area contributed by atoms with Crippen LogP contribution in [0.4, 0.5) is 0 Å². The Morgan fingerprint density at radius 1 is 1.21 bits per heavy atom. The van der Waals surface area contributed by atoms with Crippen molar-refractivity contribution < 1.29 is 14.3 Å². The van der Waals surface area contributed by atoms with Crippen molar-refractivity contribution in [2.75, 3.05) is 26.8 Å². The molecule has 0 bridgehead atoms. The summed E-state index contributed by atoms with van der Waals surface area (Å²) >= 11 is 5.99. The van der Waals surface area contributed by atoms with Gasteiger partial charge in [-0.3, -0.25) is 9.69 Å². The molecule has 2 heterocycles. The third-order valence-corrected chi connectivity index (χ3v) is 5.93. The molecule has 6 heteroatoms. The van der Waals surface area contributed by atoms with E-state index in [1.807, 2.05) is 49.4 Å². The van der Waals surface area contributed by atoms with Crippen molar-refractivity contribution in [3.8, 4) is 5.75 Å². The smallest absolute Gasteiger partial charge is 0.251 e. The van der Waals surface area contributed by atoms with E-state index in [1.54, 1.807) is 7.11 Å². The number of nitrogens with zero attached hydrogens (tertiary/aromatic N) is 1. The van der Waals surface area contributed by atoms with Gasteiger partial charge in [0.1, 0.15) is 5.75 Å². The largest absolute Gasteiger partial charge is 0.497 e. The van der Waals surface area contributed by atoms with Gasteiger partial charge < -0.3 is 14.8 Å². The van der Waals surface area contributed by atoms with Crippen molar-refractivity contribution in [2.24, 2.45) is 0 Å². The molecule has 5 nitrogen and oxygen atoms in total. The molecule has 2 saturated heterocycles. The van der Waals surface area contributed by atoms with Gasteiger partial charge in [0.25, 0.3) is 5.91 Å². The zero-order valence-corrected chi connectivity index (χ0v) is 16.9. The summed E-state index contributed by atoms with van der Waals surface area (Å²) in [4.78, 5) is 15.2. The van der Waals surface area contributed by atoms with E-state index in [-0.39, 0.29) is 18.1 Å². The monoisotopic (exact) mass is 400 g/mol. The first-order valence-corrected chi connectivity index (χ1v) is 9.98. The Morgan fingerprint density at radius 2 is 2.00 bits per heavy atom. The topological polar surface area (TPSA) is 50.8 Å². The molecule has 0 aliphatic carbocycles. The fourth-order valence-electron chi connectivity index (χ4n) is 4.14. The van der Waals surface area contributed by atoms with Gasteiger partial charge in [0.05, 0.1) is 19.8 Å². The molecule has 0 saturated carbocycles. The van der Waals surface area contributed by atoms with Crippen LogP contribution in [0.1, 0.15) is 34.0 Å². The fourth-order valence-corrected chi connectivity index (χ4v) is 4.26. The maximum absolute atomic E-state index is 12.7. The molecule has 0 spiro atoms. The van der Waals surface area contributed by atoms with E-state index in [2.05, 4.69) is 10.2 Å². The summed E-state index contributed by atoms with van der Waals surface area (Å²) in [6, 6.07) is 13.9. The molecule has 1 N–H and O–H groups in total. The molecule has 2 aliphatic heterocycles. The number of hydrogen-bond acceptors (Lipinski definition) is 4. The minimum atomic E-state index is -0.0276. The van der Waals surface area contributed by atoms with Gasteiger partial charge in [-0.05, 0) is 54.8 Å². The lowest BCUT2D eigenvalue weighted by atomic mass is 10.1. The molecule has 2 aliphatic rings. The van der Waals surface area contributed by atoms with Gasteiger partial charge in [0, 0.05) is 35.8 Å². The molecule has 3 atom stereocenters. The number of methoxy groups -OCH3 is 1. The van der Waals surface area contributed by atoms with Crippen LogP contribution in [-0.2, 0) is 4.74 Å². The summed E-state index contributed by atoms with van der Waals surface area (Å²) in [5.74, 6) is 0.734. The van der Waals surface area contributed by atoms with E-state index < -0.39 is 0 Å². The highest BCUT2D eigenvalue weighted by Gasteiger charge is 2.38. The lowest BCUT2D eigenvalue weighted by molar-refractivity contribution is -0.0502. The Bertz CT molecular complexity index is 855. The molecule has 28 heavy (non-hydrogen) atoms. The number of carbonyl (C=O) groups is 1. The highest BCUT2D eigenvalue weighted by atomic mass is 35.5. The van der Waals surface area contributed by atoms with E-state index in [0.29, 0.717) is 18.2 Å². The number of halogens is 1. The molecule has 0 aromatic heterocycles. The first kappa shape index (κ1) is 19.2. The first-order valence-electron chi connectivity index (χ1n) is 9.60. The van der Waals surface area contributed by atoms with Gasteiger partial charge in [0.2, 0.25) is 0 Å². The minimum absolute atomic E-state index is 0.0276. The number of fused-ring (bicyclic) bond motifs is 1. The van der Waals surface area contributed by atoms with Gasteiger partial charge in [-0.25, -0.2) is 0 Å². The summed E-state index contributed by atoms with van der Waals surface area (Å²) in [5, 5.41) is 3.93. The summed E-state index contributed by atoms with van der Waals surface area (Å²) in [7, 11) is 1.63. The fraction of sp³-hybridized carbons (Fsp3) is 0.409. The zero-order valence-electron chi connectivity index (χ0n) is 16.2.